The van der Waals surface area contributed by atoms with Gasteiger partial charge in [-0.05, 0) is 48.9 Å². The number of benzene rings is 1. The second-order valence-electron chi connectivity index (χ2n) is 4.25. The van der Waals surface area contributed by atoms with E-state index in [1.807, 2.05) is 36.4 Å². The smallest absolute Gasteiger partial charge is 0.330 e. The predicted molar refractivity (Wildman–Crippen MR) is 81.9 cm³/mol. The number of pyridine rings is 1. The molecule has 0 aliphatic carbocycles. The molecule has 1 aromatic carbocycles. The minimum absolute atomic E-state index is 0.356. The fourth-order valence-electron chi connectivity index (χ4n) is 1.91. The van der Waals surface area contributed by atoms with Crippen molar-refractivity contribution in [2.24, 2.45) is 0 Å². The molecular weight excluding hydrogens is 266 g/mol. The van der Waals surface area contributed by atoms with Gasteiger partial charge in [-0.25, -0.2) is 4.79 Å². The van der Waals surface area contributed by atoms with Crippen LogP contribution in [0.15, 0.2) is 48.7 Å². The van der Waals surface area contributed by atoms with Crippen molar-refractivity contribution in [3.63, 3.8) is 0 Å². The quantitative estimate of drug-likeness (QED) is 0.624. The summed E-state index contributed by atoms with van der Waals surface area (Å²) >= 11 is 0. The van der Waals surface area contributed by atoms with Gasteiger partial charge in [0.15, 0.2) is 0 Å². The summed E-state index contributed by atoms with van der Waals surface area (Å²) < 4.78 is 10.1. The largest absolute Gasteiger partial charge is 0.497 e. The minimum atomic E-state index is -0.368. The number of carbonyl (C=O) groups excluding carboxylic acids is 1. The van der Waals surface area contributed by atoms with Gasteiger partial charge >= 0.3 is 5.97 Å². The van der Waals surface area contributed by atoms with Crippen LogP contribution in [0.2, 0.25) is 0 Å². The summed E-state index contributed by atoms with van der Waals surface area (Å²) in [5.41, 5.74) is 2.61. The number of ether oxygens (including phenoxy) is 2. The lowest BCUT2D eigenvalue weighted by molar-refractivity contribution is -0.137. The van der Waals surface area contributed by atoms with E-state index in [0.29, 0.717) is 6.61 Å². The highest BCUT2D eigenvalue weighted by atomic mass is 16.5. The Morgan fingerprint density at radius 1 is 1.29 bits per heavy atom. The summed E-state index contributed by atoms with van der Waals surface area (Å²) in [5, 5.41) is 0. The van der Waals surface area contributed by atoms with Gasteiger partial charge in [0.1, 0.15) is 5.75 Å². The normalized spacial score (nSPS) is 10.6. The second kappa shape index (κ2) is 7.24. The highest BCUT2D eigenvalue weighted by Gasteiger charge is 2.06. The van der Waals surface area contributed by atoms with Crippen molar-refractivity contribution in [3.05, 3.63) is 54.2 Å². The molecule has 0 amide bonds. The van der Waals surface area contributed by atoms with Crippen LogP contribution in [0.25, 0.3) is 17.3 Å². The lowest BCUT2D eigenvalue weighted by Crippen LogP contribution is -1.99. The van der Waals surface area contributed by atoms with Crippen LogP contribution in [-0.2, 0) is 9.53 Å². The highest BCUT2D eigenvalue weighted by Crippen LogP contribution is 2.27. The van der Waals surface area contributed by atoms with Gasteiger partial charge in [0.25, 0.3) is 0 Å². The van der Waals surface area contributed by atoms with Crippen LogP contribution in [0.3, 0.4) is 0 Å². The minimum Gasteiger partial charge on any atom is -0.497 e. The fourth-order valence-corrected chi connectivity index (χ4v) is 1.91. The van der Waals surface area contributed by atoms with E-state index < -0.39 is 0 Å². The zero-order chi connectivity index (χ0) is 15.1. The number of methoxy groups -OCH3 is 1. The molecule has 0 spiro atoms. The topological polar surface area (TPSA) is 48.4 Å². The Hall–Kier alpha value is -2.62. The average Bonchev–Trinajstić information content (AvgIpc) is 2.53. The molecule has 1 aromatic heterocycles. The van der Waals surface area contributed by atoms with Crippen molar-refractivity contribution in [3.8, 4) is 17.0 Å². The highest BCUT2D eigenvalue weighted by molar-refractivity contribution is 5.89. The van der Waals surface area contributed by atoms with Crippen LogP contribution in [-0.4, -0.2) is 24.7 Å². The Morgan fingerprint density at radius 3 is 2.81 bits per heavy atom. The maximum Gasteiger partial charge on any atom is 0.330 e. The molecule has 0 atom stereocenters. The first-order chi connectivity index (χ1) is 10.2. The first-order valence-corrected chi connectivity index (χ1v) is 6.69. The van der Waals surface area contributed by atoms with Crippen molar-refractivity contribution < 1.29 is 14.3 Å². The van der Waals surface area contributed by atoms with Crippen molar-refractivity contribution in [1.82, 2.24) is 4.98 Å². The summed E-state index contributed by atoms with van der Waals surface area (Å²) in [6, 6.07) is 11.4. The Bertz CT molecular complexity index is 636. The Kier molecular flexibility index (Phi) is 5.10. The van der Waals surface area contributed by atoms with Crippen LogP contribution in [0.5, 0.6) is 5.75 Å². The zero-order valence-corrected chi connectivity index (χ0v) is 12.1. The molecule has 0 saturated carbocycles. The number of hydrogen-bond acceptors (Lipinski definition) is 4. The van der Waals surface area contributed by atoms with E-state index in [2.05, 4.69) is 4.98 Å². The average molecular weight is 283 g/mol. The summed E-state index contributed by atoms with van der Waals surface area (Å²) in [5.74, 6) is 0.352. The molecule has 0 aliphatic rings. The molecule has 21 heavy (non-hydrogen) atoms. The summed E-state index contributed by atoms with van der Waals surface area (Å²) in [7, 11) is 1.61. The molecular formula is C17H17NO3. The standard InChI is InChI=1S/C17H17NO3/c1-3-21-17(19)10-7-13-12-14(20-2)8-9-15(13)16-6-4-5-11-18-16/h4-12H,3H2,1-2H3/b10-7+. The van der Waals surface area contributed by atoms with Gasteiger partial charge < -0.3 is 9.47 Å². The summed E-state index contributed by atoms with van der Waals surface area (Å²) in [6.45, 7) is 2.13. The molecule has 108 valence electrons. The van der Waals surface area contributed by atoms with Crippen molar-refractivity contribution in [2.75, 3.05) is 13.7 Å². The maximum atomic E-state index is 11.5. The first kappa shape index (κ1) is 14.8. The van der Waals surface area contributed by atoms with Gasteiger partial charge in [-0.1, -0.05) is 6.07 Å². The first-order valence-electron chi connectivity index (χ1n) is 6.69. The van der Waals surface area contributed by atoms with Gasteiger partial charge in [-0.2, -0.15) is 0 Å². The number of aromatic nitrogens is 1. The van der Waals surface area contributed by atoms with Crippen molar-refractivity contribution >= 4 is 12.0 Å². The molecule has 2 aromatic rings. The van der Waals surface area contributed by atoms with Crippen LogP contribution in [0.1, 0.15) is 12.5 Å². The van der Waals surface area contributed by atoms with Gasteiger partial charge in [0.2, 0.25) is 0 Å². The molecule has 0 aliphatic heterocycles. The van der Waals surface area contributed by atoms with Gasteiger partial charge in [0, 0.05) is 17.8 Å². The van der Waals surface area contributed by atoms with Gasteiger partial charge in [0.05, 0.1) is 19.4 Å². The van der Waals surface area contributed by atoms with E-state index >= 15 is 0 Å². The van der Waals surface area contributed by atoms with E-state index in [1.165, 1.54) is 6.08 Å². The lowest BCUT2D eigenvalue weighted by Gasteiger charge is -2.08. The number of carbonyl (C=O) groups is 1. The number of esters is 1. The molecule has 4 heteroatoms. The number of nitrogens with zero attached hydrogens (tertiary/aromatic N) is 1. The van der Waals surface area contributed by atoms with E-state index in [1.54, 1.807) is 26.3 Å². The molecule has 0 fully saturated rings. The van der Waals surface area contributed by atoms with Crippen molar-refractivity contribution in [2.45, 2.75) is 6.92 Å². The molecule has 2 rings (SSSR count). The number of rotatable bonds is 5. The second-order valence-corrected chi connectivity index (χ2v) is 4.25. The molecule has 0 bridgehead atoms. The molecule has 0 unspecified atom stereocenters. The molecule has 0 N–H and O–H groups in total. The Morgan fingerprint density at radius 2 is 2.14 bits per heavy atom. The summed E-state index contributed by atoms with van der Waals surface area (Å²) in [4.78, 5) is 15.8. The van der Waals surface area contributed by atoms with E-state index in [0.717, 1.165) is 22.6 Å². The molecule has 0 saturated heterocycles. The van der Waals surface area contributed by atoms with Crippen molar-refractivity contribution in [1.29, 1.82) is 0 Å². The van der Waals surface area contributed by atoms with Gasteiger partial charge in [-0.3, -0.25) is 4.98 Å². The SMILES string of the molecule is CCOC(=O)/C=C/c1cc(OC)ccc1-c1ccccn1. The van der Waals surface area contributed by atoms with Crippen LogP contribution in [0, 0.1) is 0 Å². The summed E-state index contributed by atoms with van der Waals surface area (Å²) in [6.07, 6.45) is 4.85. The zero-order valence-electron chi connectivity index (χ0n) is 12.1. The van der Waals surface area contributed by atoms with E-state index in [4.69, 9.17) is 9.47 Å². The Balaban J connectivity index is 2.39. The van der Waals surface area contributed by atoms with E-state index in [9.17, 15) is 4.79 Å². The third-order valence-corrected chi connectivity index (χ3v) is 2.89. The predicted octanol–water partition coefficient (Wildman–Crippen LogP) is 3.33. The maximum absolute atomic E-state index is 11.5. The van der Waals surface area contributed by atoms with E-state index in [-0.39, 0.29) is 5.97 Å². The third kappa shape index (κ3) is 3.92. The Labute approximate surface area is 124 Å². The van der Waals surface area contributed by atoms with Crippen LogP contribution in [0.4, 0.5) is 0 Å². The fraction of sp³-hybridized carbons (Fsp3) is 0.176. The molecule has 4 nitrogen and oxygen atoms in total. The van der Waals surface area contributed by atoms with Crippen LogP contribution < -0.4 is 4.74 Å². The third-order valence-electron chi connectivity index (χ3n) is 2.89. The van der Waals surface area contributed by atoms with Crippen LogP contribution >= 0.6 is 0 Å². The number of hydrogen-bond donors (Lipinski definition) is 0. The molecule has 1 heterocycles. The van der Waals surface area contributed by atoms with Gasteiger partial charge in [-0.15, -0.1) is 0 Å². The lowest BCUT2D eigenvalue weighted by atomic mass is 10.0. The monoisotopic (exact) mass is 283 g/mol. The molecule has 0 radical (unpaired) electrons.